The van der Waals surface area contributed by atoms with Crippen molar-refractivity contribution in [3.8, 4) is 5.75 Å². The molecule has 0 radical (unpaired) electrons. The zero-order valence-corrected chi connectivity index (χ0v) is 13.9. The van der Waals surface area contributed by atoms with Crippen LogP contribution in [0.5, 0.6) is 5.75 Å². The van der Waals surface area contributed by atoms with E-state index in [0.717, 1.165) is 11.7 Å². The van der Waals surface area contributed by atoms with E-state index < -0.39 is 0 Å². The molecule has 2 heteroatoms. The van der Waals surface area contributed by atoms with Crippen LogP contribution in [0.4, 0.5) is 0 Å². The highest BCUT2D eigenvalue weighted by atomic mass is 16.5. The quantitative estimate of drug-likeness (QED) is 0.740. The Kier molecular flexibility index (Phi) is 5.41. The highest BCUT2D eigenvalue weighted by Crippen LogP contribution is 2.55. The third kappa shape index (κ3) is 4.04. The van der Waals surface area contributed by atoms with Gasteiger partial charge in [0.2, 0.25) is 0 Å². The number of benzene rings is 1. The molecule has 2 fully saturated rings. The number of ether oxygens (including phenoxy) is 1. The molecule has 1 aromatic carbocycles. The molecule has 0 atom stereocenters. The van der Waals surface area contributed by atoms with Crippen LogP contribution in [-0.4, -0.2) is 13.2 Å². The predicted octanol–water partition coefficient (Wildman–Crippen LogP) is 4.71. The summed E-state index contributed by atoms with van der Waals surface area (Å²) in [6.45, 7) is 1.19. The second-order valence-corrected chi connectivity index (χ2v) is 7.34. The maximum atomic E-state index is 5.67. The molecule has 2 saturated carbocycles. The van der Waals surface area contributed by atoms with Gasteiger partial charge in [-0.1, -0.05) is 37.8 Å². The van der Waals surface area contributed by atoms with Gasteiger partial charge in [0, 0.05) is 6.54 Å². The summed E-state index contributed by atoms with van der Waals surface area (Å²) in [7, 11) is 0. The monoisotopic (exact) mass is 301 g/mol. The Bertz CT molecular complexity index is 459. The summed E-state index contributed by atoms with van der Waals surface area (Å²) in [6, 6.07) is 8.64. The van der Waals surface area contributed by atoms with Crippen LogP contribution in [0.25, 0.3) is 0 Å². The van der Waals surface area contributed by atoms with Gasteiger partial charge >= 0.3 is 0 Å². The van der Waals surface area contributed by atoms with Crippen LogP contribution < -0.4 is 10.5 Å². The van der Waals surface area contributed by atoms with Gasteiger partial charge in [0.25, 0.3) is 0 Å². The first-order valence-electron chi connectivity index (χ1n) is 9.24. The van der Waals surface area contributed by atoms with Gasteiger partial charge in [-0.2, -0.15) is 0 Å². The lowest BCUT2D eigenvalue weighted by Crippen LogP contribution is -2.23. The van der Waals surface area contributed by atoms with Crippen molar-refractivity contribution in [3.05, 3.63) is 29.8 Å². The molecule has 0 amide bonds. The molecule has 0 aliphatic heterocycles. The summed E-state index contributed by atoms with van der Waals surface area (Å²) in [5.41, 5.74) is 7.60. The van der Waals surface area contributed by atoms with E-state index >= 15 is 0 Å². The van der Waals surface area contributed by atoms with Crippen LogP contribution in [0.3, 0.4) is 0 Å². The molecule has 0 saturated heterocycles. The van der Waals surface area contributed by atoms with E-state index in [2.05, 4.69) is 18.2 Å². The number of rotatable bonds is 7. The van der Waals surface area contributed by atoms with Crippen LogP contribution in [0, 0.1) is 11.3 Å². The smallest absolute Gasteiger partial charge is 0.119 e. The number of aryl methyl sites for hydroxylation is 1. The minimum Gasteiger partial charge on any atom is -0.492 e. The molecule has 2 N–H and O–H groups in total. The predicted molar refractivity (Wildman–Crippen MR) is 92.2 cm³/mol. The van der Waals surface area contributed by atoms with Gasteiger partial charge in [0.1, 0.15) is 12.4 Å². The van der Waals surface area contributed by atoms with Crippen LogP contribution in [0.2, 0.25) is 0 Å². The highest BCUT2D eigenvalue weighted by Gasteiger charge is 2.44. The van der Waals surface area contributed by atoms with Gasteiger partial charge in [-0.25, -0.2) is 0 Å². The van der Waals surface area contributed by atoms with E-state index in [1.54, 1.807) is 0 Å². The van der Waals surface area contributed by atoms with Crippen LogP contribution >= 0.6 is 0 Å². The van der Waals surface area contributed by atoms with Crippen molar-refractivity contribution in [3.63, 3.8) is 0 Å². The molecule has 2 aliphatic carbocycles. The third-order valence-corrected chi connectivity index (χ3v) is 5.74. The van der Waals surface area contributed by atoms with Crippen molar-refractivity contribution in [2.24, 2.45) is 17.1 Å². The zero-order valence-electron chi connectivity index (χ0n) is 13.9. The average Bonchev–Trinajstić information content (AvgIpc) is 3.38. The molecule has 0 aromatic heterocycles. The molecule has 2 aliphatic rings. The summed E-state index contributed by atoms with van der Waals surface area (Å²) in [5.74, 6) is 2.01. The van der Waals surface area contributed by atoms with E-state index in [4.69, 9.17) is 10.5 Å². The normalized spacial score (nSPS) is 21.3. The highest BCUT2D eigenvalue weighted by molar-refractivity contribution is 5.28. The lowest BCUT2D eigenvalue weighted by molar-refractivity contribution is 0.182. The Balaban J connectivity index is 1.62. The minimum absolute atomic E-state index is 0.578. The molecule has 22 heavy (non-hydrogen) atoms. The fraction of sp³-hybridized carbons (Fsp3) is 0.700. The van der Waals surface area contributed by atoms with E-state index in [0.29, 0.717) is 18.6 Å². The SMILES string of the molecule is NCCOc1cccc(CCC2(C3CC3)CCCCCC2)c1. The summed E-state index contributed by atoms with van der Waals surface area (Å²) in [5, 5.41) is 0. The first-order valence-corrected chi connectivity index (χ1v) is 9.24. The molecule has 122 valence electrons. The Morgan fingerprint density at radius 3 is 2.55 bits per heavy atom. The molecule has 1 aromatic rings. The fourth-order valence-corrected chi connectivity index (χ4v) is 4.35. The lowest BCUT2D eigenvalue weighted by Gasteiger charge is -2.33. The van der Waals surface area contributed by atoms with Gasteiger partial charge in [-0.3, -0.25) is 0 Å². The van der Waals surface area contributed by atoms with Gasteiger partial charge < -0.3 is 10.5 Å². The van der Waals surface area contributed by atoms with Gasteiger partial charge in [-0.05, 0) is 67.6 Å². The van der Waals surface area contributed by atoms with Crippen molar-refractivity contribution >= 4 is 0 Å². The molecule has 2 nitrogen and oxygen atoms in total. The van der Waals surface area contributed by atoms with Crippen molar-refractivity contribution in [2.75, 3.05) is 13.2 Å². The molecule has 0 spiro atoms. The second kappa shape index (κ2) is 7.50. The van der Waals surface area contributed by atoms with Gasteiger partial charge in [0.05, 0.1) is 0 Å². The Morgan fingerprint density at radius 1 is 1.09 bits per heavy atom. The van der Waals surface area contributed by atoms with Crippen molar-refractivity contribution in [1.29, 1.82) is 0 Å². The van der Waals surface area contributed by atoms with Gasteiger partial charge in [0.15, 0.2) is 0 Å². The van der Waals surface area contributed by atoms with Crippen molar-refractivity contribution < 1.29 is 4.74 Å². The first kappa shape index (κ1) is 15.9. The first-order chi connectivity index (χ1) is 10.8. The van der Waals surface area contributed by atoms with Crippen LogP contribution in [-0.2, 0) is 6.42 Å². The molecule has 0 heterocycles. The average molecular weight is 301 g/mol. The third-order valence-electron chi connectivity index (χ3n) is 5.74. The van der Waals surface area contributed by atoms with Gasteiger partial charge in [-0.15, -0.1) is 0 Å². The number of hydrogen-bond donors (Lipinski definition) is 1. The molecule has 0 unspecified atom stereocenters. The van der Waals surface area contributed by atoms with E-state index in [-0.39, 0.29) is 0 Å². The Morgan fingerprint density at radius 2 is 1.86 bits per heavy atom. The van der Waals surface area contributed by atoms with Crippen molar-refractivity contribution in [2.45, 2.75) is 64.2 Å². The Hall–Kier alpha value is -1.02. The topological polar surface area (TPSA) is 35.2 Å². The number of hydrogen-bond acceptors (Lipinski definition) is 2. The molecular formula is C20H31NO. The minimum atomic E-state index is 0.578. The van der Waals surface area contributed by atoms with E-state index in [9.17, 15) is 0 Å². The summed E-state index contributed by atoms with van der Waals surface area (Å²) in [6.07, 6.45) is 14.3. The maximum absolute atomic E-state index is 5.67. The van der Waals surface area contributed by atoms with E-state index in [1.807, 2.05) is 6.07 Å². The van der Waals surface area contributed by atoms with E-state index in [1.165, 1.54) is 69.8 Å². The Labute approximate surface area is 135 Å². The molecule has 3 rings (SSSR count). The maximum Gasteiger partial charge on any atom is 0.119 e. The zero-order chi connectivity index (χ0) is 15.3. The lowest BCUT2D eigenvalue weighted by atomic mass is 9.72. The molecular weight excluding hydrogens is 270 g/mol. The summed E-state index contributed by atoms with van der Waals surface area (Å²) >= 11 is 0. The fourth-order valence-electron chi connectivity index (χ4n) is 4.35. The standard InChI is InChI=1S/C20H31NO/c21-14-15-22-19-7-5-6-17(16-19)10-13-20(18-8-9-18)11-3-1-2-4-12-20/h5-7,16,18H,1-4,8-15,21H2. The van der Waals surface area contributed by atoms with Crippen LogP contribution in [0.1, 0.15) is 63.4 Å². The van der Waals surface area contributed by atoms with Crippen LogP contribution in [0.15, 0.2) is 24.3 Å². The summed E-state index contributed by atoms with van der Waals surface area (Å²) in [4.78, 5) is 0. The molecule has 0 bridgehead atoms. The number of nitrogens with two attached hydrogens (primary N) is 1. The second-order valence-electron chi connectivity index (χ2n) is 7.34. The summed E-state index contributed by atoms with van der Waals surface area (Å²) < 4.78 is 5.67. The van der Waals surface area contributed by atoms with Crippen molar-refractivity contribution in [1.82, 2.24) is 0 Å². The largest absolute Gasteiger partial charge is 0.492 e.